The molecule has 0 radical (unpaired) electrons. The molecule has 1 fully saturated rings. The van der Waals surface area contributed by atoms with Crippen LogP contribution in [0.2, 0.25) is 5.02 Å². The number of carbonyl (C=O) groups is 1. The Balaban J connectivity index is 1.78. The standard InChI is InChI=1S/C16H24ClN3O2/c1-12(11-20-7-5-19(2)6-8-20)10-18-16(22)14-4-3-13(17)9-15(14)21/h3-4,9,12,21H,5-8,10-11H2,1-2H3,(H,18,22)/t12-/m0/s1. The van der Waals surface area contributed by atoms with Gasteiger partial charge in [-0.25, -0.2) is 0 Å². The number of hydrogen-bond donors (Lipinski definition) is 2. The molecule has 22 heavy (non-hydrogen) atoms. The van der Waals surface area contributed by atoms with Crippen LogP contribution < -0.4 is 5.32 Å². The number of aromatic hydroxyl groups is 1. The van der Waals surface area contributed by atoms with Gasteiger partial charge in [0, 0.05) is 44.3 Å². The summed E-state index contributed by atoms with van der Waals surface area (Å²) >= 11 is 5.77. The molecule has 1 aromatic carbocycles. The van der Waals surface area contributed by atoms with Crippen molar-refractivity contribution in [3.05, 3.63) is 28.8 Å². The van der Waals surface area contributed by atoms with Crippen molar-refractivity contribution in [2.45, 2.75) is 6.92 Å². The molecule has 0 aromatic heterocycles. The highest BCUT2D eigenvalue weighted by Gasteiger charge is 2.17. The number of rotatable bonds is 5. The number of benzene rings is 1. The number of hydrogen-bond acceptors (Lipinski definition) is 4. The van der Waals surface area contributed by atoms with Gasteiger partial charge in [0.15, 0.2) is 0 Å². The van der Waals surface area contributed by atoms with E-state index in [9.17, 15) is 9.90 Å². The Hall–Kier alpha value is -1.30. The summed E-state index contributed by atoms with van der Waals surface area (Å²) in [5.41, 5.74) is 0.260. The van der Waals surface area contributed by atoms with Gasteiger partial charge in [0.1, 0.15) is 5.75 Å². The van der Waals surface area contributed by atoms with Gasteiger partial charge < -0.3 is 20.2 Å². The molecule has 0 unspecified atom stereocenters. The van der Waals surface area contributed by atoms with Crippen molar-refractivity contribution in [2.24, 2.45) is 5.92 Å². The molecular weight excluding hydrogens is 302 g/mol. The highest BCUT2D eigenvalue weighted by atomic mass is 35.5. The predicted octanol–water partition coefficient (Wildman–Crippen LogP) is 1.66. The molecule has 2 rings (SSSR count). The van der Waals surface area contributed by atoms with Gasteiger partial charge in [-0.15, -0.1) is 0 Å². The zero-order valence-corrected chi connectivity index (χ0v) is 13.9. The van der Waals surface area contributed by atoms with E-state index in [1.54, 1.807) is 6.07 Å². The highest BCUT2D eigenvalue weighted by Crippen LogP contribution is 2.21. The summed E-state index contributed by atoms with van der Waals surface area (Å²) in [5, 5.41) is 13.0. The topological polar surface area (TPSA) is 55.8 Å². The summed E-state index contributed by atoms with van der Waals surface area (Å²) in [5.74, 6) is 0.0120. The van der Waals surface area contributed by atoms with Crippen molar-refractivity contribution in [3.8, 4) is 5.75 Å². The van der Waals surface area contributed by atoms with E-state index in [1.165, 1.54) is 12.1 Å². The Labute approximate surface area is 136 Å². The number of phenols is 1. The molecule has 1 amide bonds. The molecule has 1 atom stereocenters. The number of amides is 1. The highest BCUT2D eigenvalue weighted by molar-refractivity contribution is 6.30. The average molecular weight is 326 g/mol. The van der Waals surface area contributed by atoms with E-state index in [4.69, 9.17) is 11.6 Å². The fourth-order valence-electron chi connectivity index (χ4n) is 2.59. The van der Waals surface area contributed by atoms with Crippen LogP contribution in [0.1, 0.15) is 17.3 Å². The Bertz CT molecular complexity index is 516. The van der Waals surface area contributed by atoms with Gasteiger partial charge >= 0.3 is 0 Å². The maximum Gasteiger partial charge on any atom is 0.255 e. The van der Waals surface area contributed by atoms with Crippen LogP contribution in [0, 0.1) is 5.92 Å². The number of piperazine rings is 1. The number of halogens is 1. The lowest BCUT2D eigenvalue weighted by molar-refractivity contribution is 0.0935. The van der Waals surface area contributed by atoms with Crippen molar-refractivity contribution in [1.29, 1.82) is 0 Å². The van der Waals surface area contributed by atoms with E-state index in [-0.39, 0.29) is 17.2 Å². The molecule has 0 saturated carbocycles. The largest absolute Gasteiger partial charge is 0.507 e. The second kappa shape index (κ2) is 7.81. The molecule has 1 aromatic rings. The van der Waals surface area contributed by atoms with E-state index in [1.807, 2.05) is 0 Å². The fourth-order valence-corrected chi connectivity index (χ4v) is 2.76. The Morgan fingerprint density at radius 3 is 2.68 bits per heavy atom. The molecule has 1 heterocycles. The average Bonchev–Trinajstić information content (AvgIpc) is 2.47. The van der Waals surface area contributed by atoms with Gasteiger partial charge in [-0.3, -0.25) is 4.79 Å². The molecule has 1 aliphatic heterocycles. The first-order chi connectivity index (χ1) is 10.5. The van der Waals surface area contributed by atoms with Crippen molar-refractivity contribution in [2.75, 3.05) is 46.3 Å². The van der Waals surface area contributed by atoms with Crippen LogP contribution in [0.25, 0.3) is 0 Å². The quantitative estimate of drug-likeness (QED) is 0.864. The zero-order valence-electron chi connectivity index (χ0n) is 13.2. The third-order valence-electron chi connectivity index (χ3n) is 3.98. The van der Waals surface area contributed by atoms with Crippen molar-refractivity contribution < 1.29 is 9.90 Å². The van der Waals surface area contributed by atoms with Crippen LogP contribution in [-0.2, 0) is 0 Å². The SMILES string of the molecule is C[C@@H](CNC(=O)c1ccc(Cl)cc1O)CN1CCN(C)CC1. The maximum absolute atomic E-state index is 12.1. The Morgan fingerprint density at radius 2 is 2.05 bits per heavy atom. The lowest BCUT2D eigenvalue weighted by atomic mass is 10.1. The summed E-state index contributed by atoms with van der Waals surface area (Å²) in [4.78, 5) is 16.8. The zero-order chi connectivity index (χ0) is 16.1. The number of nitrogens with one attached hydrogen (secondary N) is 1. The normalized spacial score (nSPS) is 18.1. The summed E-state index contributed by atoms with van der Waals surface area (Å²) in [6.07, 6.45) is 0. The monoisotopic (exact) mass is 325 g/mol. The summed E-state index contributed by atoms with van der Waals surface area (Å²) in [6.45, 7) is 8.03. The summed E-state index contributed by atoms with van der Waals surface area (Å²) in [7, 11) is 2.14. The predicted molar refractivity (Wildman–Crippen MR) is 88.6 cm³/mol. The van der Waals surface area contributed by atoms with E-state index in [0.717, 1.165) is 32.7 Å². The smallest absolute Gasteiger partial charge is 0.255 e. The van der Waals surface area contributed by atoms with Gasteiger partial charge in [0.05, 0.1) is 5.56 Å². The lowest BCUT2D eigenvalue weighted by Gasteiger charge is -2.33. The van der Waals surface area contributed by atoms with Crippen LogP contribution in [0.3, 0.4) is 0 Å². The molecule has 1 saturated heterocycles. The minimum absolute atomic E-state index is 0.0864. The van der Waals surface area contributed by atoms with E-state index >= 15 is 0 Å². The lowest BCUT2D eigenvalue weighted by Crippen LogP contribution is -2.46. The number of carbonyl (C=O) groups excluding carboxylic acids is 1. The first-order valence-electron chi connectivity index (χ1n) is 7.63. The second-order valence-corrected chi connectivity index (χ2v) is 6.52. The summed E-state index contributed by atoms with van der Waals surface area (Å²) < 4.78 is 0. The minimum atomic E-state index is -0.264. The first-order valence-corrected chi connectivity index (χ1v) is 8.01. The number of likely N-dealkylation sites (N-methyl/N-ethyl adjacent to an activating group) is 1. The van der Waals surface area contributed by atoms with Crippen LogP contribution >= 0.6 is 11.6 Å². The van der Waals surface area contributed by atoms with Crippen LogP contribution in [0.5, 0.6) is 5.75 Å². The molecule has 6 heteroatoms. The van der Waals surface area contributed by atoms with Gasteiger partial charge in [0.25, 0.3) is 5.91 Å². The molecule has 5 nitrogen and oxygen atoms in total. The molecule has 2 N–H and O–H groups in total. The molecule has 0 bridgehead atoms. The summed E-state index contributed by atoms with van der Waals surface area (Å²) in [6, 6.07) is 4.52. The van der Waals surface area contributed by atoms with E-state index in [0.29, 0.717) is 17.5 Å². The molecular formula is C16H24ClN3O2. The third-order valence-corrected chi connectivity index (χ3v) is 4.22. The van der Waals surface area contributed by atoms with Crippen molar-refractivity contribution >= 4 is 17.5 Å². The molecule has 0 spiro atoms. The molecule has 122 valence electrons. The van der Waals surface area contributed by atoms with E-state index in [2.05, 4.69) is 29.1 Å². The van der Waals surface area contributed by atoms with Gasteiger partial charge in [-0.1, -0.05) is 18.5 Å². The van der Waals surface area contributed by atoms with Crippen molar-refractivity contribution in [3.63, 3.8) is 0 Å². The number of phenolic OH excluding ortho intramolecular Hbond substituents is 1. The van der Waals surface area contributed by atoms with Crippen LogP contribution in [0.4, 0.5) is 0 Å². The molecule has 0 aliphatic carbocycles. The van der Waals surface area contributed by atoms with Gasteiger partial charge in [0.2, 0.25) is 0 Å². The van der Waals surface area contributed by atoms with E-state index < -0.39 is 0 Å². The van der Waals surface area contributed by atoms with Crippen LogP contribution in [-0.4, -0.2) is 67.1 Å². The van der Waals surface area contributed by atoms with Crippen molar-refractivity contribution in [1.82, 2.24) is 15.1 Å². The third kappa shape index (κ3) is 4.87. The Kier molecular flexibility index (Phi) is 6.06. The number of nitrogens with zero attached hydrogens (tertiary/aromatic N) is 2. The fraction of sp³-hybridized carbons (Fsp3) is 0.562. The van der Waals surface area contributed by atoms with Gasteiger partial charge in [-0.2, -0.15) is 0 Å². The molecule has 1 aliphatic rings. The second-order valence-electron chi connectivity index (χ2n) is 6.08. The maximum atomic E-state index is 12.1. The first kappa shape index (κ1) is 17.1. The van der Waals surface area contributed by atoms with Crippen LogP contribution in [0.15, 0.2) is 18.2 Å². The van der Waals surface area contributed by atoms with Gasteiger partial charge in [-0.05, 0) is 31.2 Å². The minimum Gasteiger partial charge on any atom is -0.507 e. The Morgan fingerprint density at radius 1 is 1.36 bits per heavy atom.